The number of benzene rings is 13. The fourth-order valence-corrected chi connectivity index (χ4v) is 16.1. The largest absolute Gasteiger partial charge is 0.457 e. The van der Waals surface area contributed by atoms with E-state index in [9.17, 15) is 0 Å². The summed E-state index contributed by atoms with van der Waals surface area (Å²) in [4.78, 5) is 2.58. The molecule has 3 nitrogen and oxygen atoms in total. The van der Waals surface area contributed by atoms with Gasteiger partial charge in [-0.2, -0.15) is 0 Å². The molecule has 2 spiro atoms. The Bertz CT molecular complexity index is 4730. The number of fused-ring (bicyclic) bond motifs is 21. The van der Waals surface area contributed by atoms with E-state index in [4.69, 9.17) is 9.47 Å². The Hall–Kier alpha value is -10.7. The molecule has 3 heteroatoms. The molecule has 0 saturated heterocycles. The van der Waals surface area contributed by atoms with Crippen molar-refractivity contribution in [3.63, 3.8) is 0 Å². The van der Waals surface area contributed by atoms with Gasteiger partial charge in [-0.15, -0.1) is 0 Å². The first-order valence-corrected chi connectivity index (χ1v) is 29.2. The van der Waals surface area contributed by atoms with Crippen molar-refractivity contribution in [1.82, 2.24) is 0 Å². The number of para-hydroxylation sites is 4. The van der Waals surface area contributed by atoms with Crippen LogP contribution in [-0.4, -0.2) is 0 Å². The van der Waals surface area contributed by atoms with Crippen molar-refractivity contribution < 1.29 is 9.47 Å². The van der Waals surface area contributed by atoms with Crippen molar-refractivity contribution in [2.45, 2.75) is 16.2 Å². The van der Waals surface area contributed by atoms with Gasteiger partial charge < -0.3 is 14.4 Å². The van der Waals surface area contributed by atoms with Crippen LogP contribution in [0.2, 0.25) is 0 Å². The minimum absolute atomic E-state index is 0.574. The van der Waals surface area contributed by atoms with Gasteiger partial charge in [-0.05, 0) is 126 Å². The van der Waals surface area contributed by atoms with E-state index in [1.54, 1.807) is 0 Å². The molecular weight excluding hydrogens is 1020 g/mol. The zero-order chi connectivity index (χ0) is 55.1. The van der Waals surface area contributed by atoms with Crippen LogP contribution in [0.1, 0.15) is 66.8 Å². The summed E-state index contributed by atoms with van der Waals surface area (Å²) < 4.78 is 13.6. The topological polar surface area (TPSA) is 21.7 Å². The lowest BCUT2D eigenvalue weighted by Crippen LogP contribution is -2.32. The van der Waals surface area contributed by atoms with Crippen LogP contribution in [0.5, 0.6) is 23.0 Å². The van der Waals surface area contributed by atoms with Crippen molar-refractivity contribution in [3.8, 4) is 67.5 Å². The maximum absolute atomic E-state index is 6.83. The molecule has 13 aromatic rings. The molecule has 13 aromatic carbocycles. The fraction of sp³-hybridized carbons (Fsp3) is 0.0370. The average Bonchev–Trinajstić information content (AvgIpc) is 1.56. The first kappa shape index (κ1) is 47.0. The van der Waals surface area contributed by atoms with Crippen molar-refractivity contribution in [3.05, 3.63) is 376 Å². The third-order valence-corrected chi connectivity index (χ3v) is 19.1. The minimum atomic E-state index is -0.656. The van der Waals surface area contributed by atoms with Gasteiger partial charge in [0.15, 0.2) is 0 Å². The van der Waals surface area contributed by atoms with Crippen molar-refractivity contribution in [2.75, 3.05) is 4.90 Å². The van der Waals surface area contributed by atoms with E-state index in [0.29, 0.717) is 0 Å². The molecule has 3 aliphatic carbocycles. The SMILES string of the molecule is c1ccc(C2(c3ccccc3)c3ccccc3-c3c(N(c4ccc(-c5cccc6c5-c5ccccc5C65c6ccccc6Oc6ccccc65)cc4)c4cccc5c4-c4ccccc4C54c5ccccc5Oc5ccccc54)cccc32)cc1. The van der Waals surface area contributed by atoms with Crippen LogP contribution in [0.25, 0.3) is 44.5 Å². The Morgan fingerprint density at radius 3 is 0.964 bits per heavy atom. The predicted octanol–water partition coefficient (Wildman–Crippen LogP) is 20.1. The molecule has 2 heterocycles. The molecule has 0 bridgehead atoms. The number of anilines is 3. The van der Waals surface area contributed by atoms with Crippen LogP contribution in [0.15, 0.2) is 309 Å². The van der Waals surface area contributed by atoms with Crippen molar-refractivity contribution in [2.24, 2.45) is 0 Å². The number of rotatable bonds is 6. The van der Waals surface area contributed by atoms with Crippen molar-refractivity contribution >= 4 is 17.1 Å². The number of hydrogen-bond donors (Lipinski definition) is 0. The first-order chi connectivity index (χ1) is 41.7. The molecule has 392 valence electrons. The Morgan fingerprint density at radius 2 is 0.524 bits per heavy atom. The quantitative estimate of drug-likeness (QED) is 0.166. The van der Waals surface area contributed by atoms with Gasteiger partial charge in [-0.25, -0.2) is 0 Å². The van der Waals surface area contributed by atoms with Gasteiger partial charge in [0, 0.05) is 39.1 Å². The standard InChI is InChI=1S/C81H51NO2/c1-3-24-53(25-4-1)79(54-26-5-2-6-27-54)60-32-10-8-29-58(60)77-68(79)40-22-42-70(77)82(71-43-23-41-69-78(71)59-30-9-12-34-62(59)81(69)65-37-15-19-46-74(65)84-75-47-20-16-38-66(75)81)55-50-48-52(49-51-55)56-31-21-39-67-76(56)57-28-7-11-33-61(57)80(67)63-35-13-17-44-72(63)83-73-45-18-14-36-64(73)80/h1-51H. The highest BCUT2D eigenvalue weighted by molar-refractivity contribution is 6.04. The van der Waals surface area contributed by atoms with E-state index in [2.05, 4.69) is 314 Å². The van der Waals surface area contributed by atoms with Gasteiger partial charge >= 0.3 is 0 Å². The van der Waals surface area contributed by atoms with Crippen LogP contribution in [0, 0.1) is 0 Å². The van der Waals surface area contributed by atoms with Gasteiger partial charge in [-0.1, -0.05) is 261 Å². The molecule has 0 radical (unpaired) electrons. The lowest BCUT2D eigenvalue weighted by Gasteiger charge is -2.39. The van der Waals surface area contributed by atoms with E-state index >= 15 is 0 Å². The van der Waals surface area contributed by atoms with Crippen LogP contribution < -0.4 is 14.4 Å². The summed E-state index contributed by atoms with van der Waals surface area (Å²) in [5.74, 6) is 3.52. The monoisotopic (exact) mass is 1070 g/mol. The third kappa shape index (κ3) is 5.99. The third-order valence-electron chi connectivity index (χ3n) is 19.1. The maximum atomic E-state index is 6.83. The summed E-state index contributed by atoms with van der Waals surface area (Å²) >= 11 is 0. The first-order valence-electron chi connectivity index (χ1n) is 29.2. The highest BCUT2D eigenvalue weighted by Gasteiger charge is 2.54. The molecule has 0 unspecified atom stereocenters. The zero-order valence-corrected chi connectivity index (χ0v) is 45.7. The van der Waals surface area contributed by atoms with E-state index in [0.717, 1.165) is 67.9 Å². The molecule has 0 atom stereocenters. The Morgan fingerprint density at radius 1 is 0.214 bits per heavy atom. The molecule has 0 saturated carbocycles. The maximum Gasteiger partial charge on any atom is 0.132 e. The number of nitrogens with zero attached hydrogens (tertiary/aromatic N) is 1. The van der Waals surface area contributed by atoms with Gasteiger partial charge in [0.25, 0.3) is 0 Å². The summed E-state index contributed by atoms with van der Waals surface area (Å²) in [5.41, 5.74) is 25.7. The van der Waals surface area contributed by atoms with Crippen LogP contribution in [0.3, 0.4) is 0 Å². The predicted molar refractivity (Wildman–Crippen MR) is 339 cm³/mol. The van der Waals surface area contributed by atoms with Crippen LogP contribution in [0.4, 0.5) is 17.1 Å². The lowest BCUT2D eigenvalue weighted by molar-refractivity contribution is 0.436. The minimum Gasteiger partial charge on any atom is -0.457 e. The van der Waals surface area contributed by atoms with Crippen LogP contribution >= 0.6 is 0 Å². The summed E-state index contributed by atoms with van der Waals surface area (Å²) in [6, 6.07) is 114. The van der Waals surface area contributed by atoms with Crippen LogP contribution in [-0.2, 0) is 16.2 Å². The molecule has 0 N–H and O–H groups in total. The number of hydrogen-bond acceptors (Lipinski definition) is 3. The Labute approximate surface area is 488 Å². The molecule has 5 aliphatic rings. The van der Waals surface area contributed by atoms with E-state index < -0.39 is 16.2 Å². The smallest absolute Gasteiger partial charge is 0.132 e. The molecular formula is C81H51NO2. The number of ether oxygens (including phenoxy) is 2. The second-order valence-electron chi connectivity index (χ2n) is 22.8. The molecule has 0 fully saturated rings. The Balaban J connectivity index is 0.902. The fourth-order valence-electron chi connectivity index (χ4n) is 16.1. The normalized spacial score (nSPS) is 14.7. The summed E-state index contributed by atoms with van der Waals surface area (Å²) in [6.45, 7) is 0. The van der Waals surface area contributed by atoms with Gasteiger partial charge in [0.05, 0.1) is 27.6 Å². The highest BCUT2D eigenvalue weighted by Crippen LogP contribution is 2.67. The molecule has 2 aliphatic heterocycles. The average molecular weight is 1070 g/mol. The second kappa shape index (κ2) is 17.6. The molecule has 0 amide bonds. The lowest BCUT2D eigenvalue weighted by atomic mass is 9.66. The summed E-state index contributed by atoms with van der Waals surface area (Å²) in [6.07, 6.45) is 0. The molecule has 18 rings (SSSR count). The van der Waals surface area contributed by atoms with Gasteiger partial charge in [0.2, 0.25) is 0 Å². The van der Waals surface area contributed by atoms with E-state index in [-0.39, 0.29) is 0 Å². The molecule has 0 aromatic heterocycles. The van der Waals surface area contributed by atoms with E-state index in [1.165, 1.54) is 83.5 Å². The summed E-state index contributed by atoms with van der Waals surface area (Å²) in [7, 11) is 0. The molecule has 84 heavy (non-hydrogen) atoms. The zero-order valence-electron chi connectivity index (χ0n) is 45.7. The van der Waals surface area contributed by atoms with Gasteiger partial charge in [-0.3, -0.25) is 0 Å². The van der Waals surface area contributed by atoms with Crippen molar-refractivity contribution in [1.29, 1.82) is 0 Å². The summed E-state index contributed by atoms with van der Waals surface area (Å²) in [5, 5.41) is 0. The second-order valence-corrected chi connectivity index (χ2v) is 22.8. The van der Waals surface area contributed by atoms with Gasteiger partial charge in [0.1, 0.15) is 23.0 Å². The highest BCUT2D eigenvalue weighted by atomic mass is 16.5. The Kier molecular flexibility index (Phi) is 9.86. The van der Waals surface area contributed by atoms with E-state index in [1.807, 2.05) is 0 Å².